The second-order valence-corrected chi connectivity index (χ2v) is 5.90. The molecule has 0 bridgehead atoms. The number of para-hydroxylation sites is 2. The van der Waals surface area contributed by atoms with Gasteiger partial charge in [-0.3, -0.25) is 9.69 Å². The van der Waals surface area contributed by atoms with E-state index in [9.17, 15) is 14.0 Å². The first-order valence-electron chi connectivity index (χ1n) is 8.29. The number of nitrogens with zero attached hydrogens (tertiary/aromatic N) is 2. The fourth-order valence-electron chi connectivity index (χ4n) is 2.90. The van der Waals surface area contributed by atoms with Crippen LogP contribution >= 0.6 is 0 Å². The van der Waals surface area contributed by atoms with Crippen molar-refractivity contribution in [2.75, 3.05) is 31.6 Å². The van der Waals surface area contributed by atoms with Crippen LogP contribution in [0.3, 0.4) is 0 Å². The number of amides is 3. The molecule has 0 spiro atoms. The average Bonchev–Trinajstić information content (AvgIpc) is 3.01. The first-order chi connectivity index (χ1) is 12.6. The normalized spacial score (nSPS) is 13.8. The van der Waals surface area contributed by atoms with Crippen molar-refractivity contribution in [3.05, 3.63) is 59.9 Å². The Labute approximate surface area is 151 Å². The molecule has 136 valence electrons. The summed E-state index contributed by atoms with van der Waals surface area (Å²) >= 11 is 0. The lowest BCUT2D eigenvalue weighted by molar-refractivity contribution is -0.121. The molecule has 1 N–H and O–H groups in total. The fraction of sp³-hybridized carbons (Fsp3) is 0.263. The molecule has 3 amide bonds. The van der Waals surface area contributed by atoms with Crippen LogP contribution in [0.4, 0.5) is 14.9 Å². The summed E-state index contributed by atoms with van der Waals surface area (Å²) in [5.74, 6) is -0.0428. The summed E-state index contributed by atoms with van der Waals surface area (Å²) < 4.78 is 19.1. The second-order valence-electron chi connectivity index (χ2n) is 5.90. The van der Waals surface area contributed by atoms with E-state index in [1.165, 1.54) is 15.9 Å². The number of nitrogens with one attached hydrogen (secondary N) is 1. The highest BCUT2D eigenvalue weighted by Crippen LogP contribution is 2.23. The molecule has 0 atom stereocenters. The SMILES string of the molecule is COc1ccccc1CNC(=O)CN1CCN(c2ccccc2F)C1=O. The van der Waals surface area contributed by atoms with Crippen LogP contribution < -0.4 is 15.0 Å². The summed E-state index contributed by atoms with van der Waals surface area (Å²) in [5.41, 5.74) is 1.08. The van der Waals surface area contributed by atoms with Crippen molar-refractivity contribution in [3.63, 3.8) is 0 Å². The Hall–Kier alpha value is -3.09. The zero-order valence-corrected chi connectivity index (χ0v) is 14.4. The van der Waals surface area contributed by atoms with E-state index in [0.717, 1.165) is 5.56 Å². The van der Waals surface area contributed by atoms with E-state index >= 15 is 0 Å². The Morgan fingerprint density at radius 2 is 1.88 bits per heavy atom. The van der Waals surface area contributed by atoms with Crippen molar-refractivity contribution in [3.8, 4) is 5.75 Å². The Bertz CT molecular complexity index is 812. The Morgan fingerprint density at radius 3 is 2.65 bits per heavy atom. The maximum absolute atomic E-state index is 13.9. The molecular formula is C19H20FN3O3. The maximum Gasteiger partial charge on any atom is 0.325 e. The van der Waals surface area contributed by atoms with Gasteiger partial charge in [0.1, 0.15) is 18.1 Å². The van der Waals surface area contributed by atoms with Gasteiger partial charge in [0.15, 0.2) is 0 Å². The predicted molar refractivity (Wildman–Crippen MR) is 95.6 cm³/mol. The molecule has 0 unspecified atom stereocenters. The number of carbonyl (C=O) groups is 2. The summed E-state index contributed by atoms with van der Waals surface area (Å²) in [5, 5.41) is 2.78. The van der Waals surface area contributed by atoms with Gasteiger partial charge in [-0.15, -0.1) is 0 Å². The third-order valence-electron chi connectivity index (χ3n) is 4.24. The van der Waals surface area contributed by atoms with Crippen LogP contribution in [0.5, 0.6) is 5.75 Å². The zero-order chi connectivity index (χ0) is 18.5. The van der Waals surface area contributed by atoms with Gasteiger partial charge in [-0.2, -0.15) is 0 Å². The van der Waals surface area contributed by atoms with E-state index in [-0.39, 0.29) is 24.2 Å². The quantitative estimate of drug-likeness (QED) is 0.864. The number of hydrogen-bond acceptors (Lipinski definition) is 3. The van der Waals surface area contributed by atoms with Gasteiger partial charge in [0.05, 0.1) is 12.8 Å². The van der Waals surface area contributed by atoms with Crippen LogP contribution in [-0.2, 0) is 11.3 Å². The highest BCUT2D eigenvalue weighted by Gasteiger charge is 2.32. The number of anilines is 1. The first-order valence-corrected chi connectivity index (χ1v) is 8.29. The van der Waals surface area contributed by atoms with Gasteiger partial charge in [0.25, 0.3) is 0 Å². The number of halogens is 1. The molecule has 0 aromatic heterocycles. The highest BCUT2D eigenvalue weighted by molar-refractivity contribution is 5.96. The average molecular weight is 357 g/mol. The maximum atomic E-state index is 13.9. The molecule has 0 aliphatic carbocycles. The monoisotopic (exact) mass is 357 g/mol. The molecule has 1 saturated heterocycles. The minimum Gasteiger partial charge on any atom is -0.496 e. The van der Waals surface area contributed by atoms with E-state index in [4.69, 9.17) is 4.74 Å². The van der Waals surface area contributed by atoms with Crippen LogP contribution in [0.15, 0.2) is 48.5 Å². The van der Waals surface area contributed by atoms with Crippen molar-refractivity contribution in [2.24, 2.45) is 0 Å². The van der Waals surface area contributed by atoms with Crippen molar-refractivity contribution >= 4 is 17.6 Å². The zero-order valence-electron chi connectivity index (χ0n) is 14.4. The molecule has 1 fully saturated rings. The molecule has 0 saturated carbocycles. The molecule has 0 radical (unpaired) electrons. The van der Waals surface area contributed by atoms with Crippen LogP contribution in [-0.4, -0.2) is 43.6 Å². The van der Waals surface area contributed by atoms with Gasteiger partial charge in [0.2, 0.25) is 5.91 Å². The predicted octanol–water partition coefficient (Wildman–Crippen LogP) is 2.39. The topological polar surface area (TPSA) is 61.9 Å². The number of urea groups is 1. The Morgan fingerprint density at radius 1 is 1.15 bits per heavy atom. The third kappa shape index (κ3) is 3.77. The van der Waals surface area contributed by atoms with Gasteiger partial charge in [-0.25, -0.2) is 9.18 Å². The fourth-order valence-corrected chi connectivity index (χ4v) is 2.90. The van der Waals surface area contributed by atoms with E-state index < -0.39 is 5.82 Å². The van der Waals surface area contributed by atoms with Gasteiger partial charge < -0.3 is 15.0 Å². The van der Waals surface area contributed by atoms with Gasteiger partial charge in [-0.1, -0.05) is 30.3 Å². The molecule has 6 nitrogen and oxygen atoms in total. The van der Waals surface area contributed by atoms with Gasteiger partial charge in [-0.05, 0) is 18.2 Å². The standard InChI is InChI=1S/C19H20FN3O3/c1-26-17-9-5-2-6-14(17)12-21-18(24)13-22-10-11-23(19(22)25)16-8-4-3-7-15(16)20/h2-9H,10-13H2,1H3,(H,21,24). The number of carbonyl (C=O) groups excluding carboxylic acids is 2. The number of rotatable bonds is 6. The largest absolute Gasteiger partial charge is 0.496 e. The lowest BCUT2D eigenvalue weighted by atomic mass is 10.2. The van der Waals surface area contributed by atoms with Crippen LogP contribution in [0.1, 0.15) is 5.56 Å². The molecule has 1 aliphatic rings. The number of ether oxygens (including phenoxy) is 1. The van der Waals surface area contributed by atoms with Crippen LogP contribution in [0.25, 0.3) is 0 Å². The van der Waals surface area contributed by atoms with Crippen molar-refractivity contribution in [1.29, 1.82) is 0 Å². The molecule has 2 aromatic rings. The van der Waals surface area contributed by atoms with Crippen molar-refractivity contribution in [2.45, 2.75) is 6.54 Å². The minimum absolute atomic E-state index is 0.0705. The molecule has 1 heterocycles. The summed E-state index contributed by atoms with van der Waals surface area (Å²) in [6.07, 6.45) is 0. The molecular weight excluding hydrogens is 337 g/mol. The number of benzene rings is 2. The van der Waals surface area contributed by atoms with E-state index in [1.54, 1.807) is 25.3 Å². The smallest absolute Gasteiger partial charge is 0.325 e. The third-order valence-corrected chi connectivity index (χ3v) is 4.24. The van der Waals surface area contributed by atoms with E-state index in [1.807, 2.05) is 24.3 Å². The summed E-state index contributed by atoms with van der Waals surface area (Å²) in [4.78, 5) is 27.4. The Balaban J connectivity index is 1.57. The Kier molecular flexibility index (Phi) is 5.36. The first kappa shape index (κ1) is 17.7. The van der Waals surface area contributed by atoms with E-state index in [0.29, 0.717) is 25.4 Å². The van der Waals surface area contributed by atoms with Gasteiger partial charge in [0, 0.05) is 25.2 Å². The molecule has 3 rings (SSSR count). The second kappa shape index (κ2) is 7.86. The molecule has 2 aromatic carbocycles. The molecule has 26 heavy (non-hydrogen) atoms. The molecule has 7 heteroatoms. The summed E-state index contributed by atoms with van der Waals surface area (Å²) in [6.45, 7) is 0.954. The van der Waals surface area contributed by atoms with Crippen molar-refractivity contribution < 1.29 is 18.7 Å². The van der Waals surface area contributed by atoms with E-state index in [2.05, 4.69) is 5.32 Å². The lowest BCUT2D eigenvalue weighted by Gasteiger charge is -2.19. The van der Waals surface area contributed by atoms with Crippen molar-refractivity contribution in [1.82, 2.24) is 10.2 Å². The number of hydrogen-bond donors (Lipinski definition) is 1. The lowest BCUT2D eigenvalue weighted by Crippen LogP contribution is -2.39. The van der Waals surface area contributed by atoms with Crippen LogP contribution in [0.2, 0.25) is 0 Å². The number of methoxy groups -OCH3 is 1. The minimum atomic E-state index is -0.455. The van der Waals surface area contributed by atoms with Crippen LogP contribution in [0, 0.1) is 5.82 Å². The highest BCUT2D eigenvalue weighted by atomic mass is 19.1. The summed E-state index contributed by atoms with van der Waals surface area (Å²) in [7, 11) is 1.57. The van der Waals surface area contributed by atoms with Gasteiger partial charge >= 0.3 is 6.03 Å². The summed E-state index contributed by atoms with van der Waals surface area (Å²) in [6, 6.07) is 13.1. The molecule has 1 aliphatic heterocycles.